The molecule has 8 heteroatoms. The normalized spacial score (nSPS) is 15.2. The summed E-state index contributed by atoms with van der Waals surface area (Å²) in [5, 5.41) is 1.05. The average Bonchev–Trinajstić information content (AvgIpc) is 3.20. The first kappa shape index (κ1) is 14.7. The van der Waals surface area contributed by atoms with Crippen LogP contribution in [-0.2, 0) is 14.1 Å². The minimum Gasteiger partial charge on any atom is -0.352 e. The van der Waals surface area contributed by atoms with Gasteiger partial charge < -0.3 is 18.9 Å². The van der Waals surface area contributed by atoms with Crippen molar-refractivity contribution in [2.75, 3.05) is 31.1 Å². The van der Waals surface area contributed by atoms with Crippen molar-refractivity contribution in [2.24, 2.45) is 14.1 Å². The molecule has 8 nitrogen and oxygen atoms in total. The molecule has 0 atom stereocenters. The number of imidazole rings is 1. The second-order valence-corrected chi connectivity index (χ2v) is 6.03. The molecule has 4 rings (SSSR count). The predicted octanol–water partition coefficient (Wildman–Crippen LogP) is 0.664. The first-order valence-corrected chi connectivity index (χ1v) is 7.91. The molecule has 1 aliphatic rings. The average molecular weight is 325 g/mol. The summed E-state index contributed by atoms with van der Waals surface area (Å²) in [4.78, 5) is 29.5. The molecule has 3 aromatic rings. The molecule has 0 bridgehead atoms. The molecule has 0 spiro atoms. The fourth-order valence-electron chi connectivity index (χ4n) is 3.16. The van der Waals surface area contributed by atoms with Gasteiger partial charge in [-0.1, -0.05) is 0 Å². The van der Waals surface area contributed by atoms with Crippen LogP contribution in [0.2, 0.25) is 0 Å². The summed E-state index contributed by atoms with van der Waals surface area (Å²) in [6, 6.07) is 2.04. The molecule has 0 N–H and O–H groups in total. The molecule has 1 fully saturated rings. The van der Waals surface area contributed by atoms with Gasteiger partial charge in [-0.25, -0.2) is 15.0 Å². The summed E-state index contributed by atoms with van der Waals surface area (Å²) in [5.74, 6) is 0.968. The summed E-state index contributed by atoms with van der Waals surface area (Å²) in [6.07, 6.45) is 6.86. The van der Waals surface area contributed by atoms with Gasteiger partial charge in [0.15, 0.2) is 0 Å². The number of carbonyl (C=O) groups excluding carboxylic acids is 1. The molecule has 0 aliphatic carbocycles. The van der Waals surface area contributed by atoms with Crippen molar-refractivity contribution in [3.63, 3.8) is 0 Å². The molecule has 0 unspecified atom stereocenters. The van der Waals surface area contributed by atoms with Crippen LogP contribution in [0.4, 0.5) is 5.82 Å². The number of rotatable bonds is 2. The number of anilines is 1. The molecule has 1 saturated heterocycles. The summed E-state index contributed by atoms with van der Waals surface area (Å²) < 4.78 is 3.75. The van der Waals surface area contributed by atoms with Crippen LogP contribution < -0.4 is 4.90 Å². The Kier molecular flexibility index (Phi) is 3.44. The molecule has 24 heavy (non-hydrogen) atoms. The Hall–Kier alpha value is -2.90. The summed E-state index contributed by atoms with van der Waals surface area (Å²) in [6.45, 7) is 2.85. The van der Waals surface area contributed by atoms with Gasteiger partial charge in [0.25, 0.3) is 5.91 Å². The molecule has 124 valence electrons. The van der Waals surface area contributed by atoms with Crippen LogP contribution >= 0.6 is 0 Å². The van der Waals surface area contributed by atoms with Gasteiger partial charge in [-0.3, -0.25) is 4.79 Å². The Morgan fingerprint density at radius 2 is 1.88 bits per heavy atom. The third-order valence-corrected chi connectivity index (χ3v) is 4.54. The Balaban J connectivity index is 1.52. The van der Waals surface area contributed by atoms with Gasteiger partial charge in [0.05, 0.1) is 17.9 Å². The number of hydrogen-bond acceptors (Lipinski definition) is 5. The van der Waals surface area contributed by atoms with Gasteiger partial charge in [-0.15, -0.1) is 0 Å². The highest BCUT2D eigenvalue weighted by molar-refractivity contribution is 5.93. The molecule has 0 saturated carbocycles. The van der Waals surface area contributed by atoms with Crippen LogP contribution in [0.3, 0.4) is 0 Å². The van der Waals surface area contributed by atoms with Gasteiger partial charge in [0.1, 0.15) is 23.5 Å². The van der Waals surface area contributed by atoms with Gasteiger partial charge in [-0.05, 0) is 6.07 Å². The lowest BCUT2D eigenvalue weighted by molar-refractivity contribution is 0.0737. The van der Waals surface area contributed by atoms with E-state index < -0.39 is 0 Å². The van der Waals surface area contributed by atoms with Crippen LogP contribution in [-0.4, -0.2) is 61.1 Å². The zero-order chi connectivity index (χ0) is 16.7. The van der Waals surface area contributed by atoms with Gasteiger partial charge >= 0.3 is 0 Å². The lowest BCUT2D eigenvalue weighted by atomic mass is 10.2. The second-order valence-electron chi connectivity index (χ2n) is 6.03. The zero-order valence-corrected chi connectivity index (χ0v) is 13.8. The lowest BCUT2D eigenvalue weighted by Gasteiger charge is -2.35. The highest BCUT2D eigenvalue weighted by Crippen LogP contribution is 2.24. The van der Waals surface area contributed by atoms with Crippen molar-refractivity contribution in [2.45, 2.75) is 0 Å². The number of hydrogen-bond donors (Lipinski definition) is 0. The third kappa shape index (κ3) is 2.31. The van der Waals surface area contributed by atoms with E-state index in [-0.39, 0.29) is 5.91 Å². The molecular weight excluding hydrogens is 306 g/mol. The number of carbonyl (C=O) groups is 1. The fraction of sp³-hybridized carbons (Fsp3) is 0.375. The van der Waals surface area contributed by atoms with Crippen molar-refractivity contribution in [3.05, 3.63) is 36.8 Å². The maximum absolute atomic E-state index is 12.6. The van der Waals surface area contributed by atoms with Crippen molar-refractivity contribution in [1.29, 1.82) is 0 Å². The van der Waals surface area contributed by atoms with Gasteiger partial charge in [-0.2, -0.15) is 0 Å². The van der Waals surface area contributed by atoms with Crippen molar-refractivity contribution in [3.8, 4) is 0 Å². The maximum atomic E-state index is 12.6. The molecule has 0 aromatic carbocycles. The van der Waals surface area contributed by atoms with E-state index in [1.807, 2.05) is 35.8 Å². The fourth-order valence-corrected chi connectivity index (χ4v) is 3.16. The largest absolute Gasteiger partial charge is 0.352 e. The van der Waals surface area contributed by atoms with Crippen molar-refractivity contribution >= 4 is 22.8 Å². The summed E-state index contributed by atoms with van der Waals surface area (Å²) in [5.41, 5.74) is 1.55. The van der Waals surface area contributed by atoms with E-state index in [1.165, 1.54) is 0 Å². The van der Waals surface area contributed by atoms with Crippen LogP contribution in [0.5, 0.6) is 0 Å². The number of nitrogens with zero attached hydrogens (tertiary/aromatic N) is 7. The van der Waals surface area contributed by atoms with E-state index in [9.17, 15) is 4.79 Å². The van der Waals surface area contributed by atoms with Crippen molar-refractivity contribution < 1.29 is 4.79 Å². The molecule has 1 amide bonds. The highest BCUT2D eigenvalue weighted by Gasteiger charge is 2.25. The molecule has 4 heterocycles. The third-order valence-electron chi connectivity index (χ3n) is 4.54. The van der Waals surface area contributed by atoms with Gasteiger partial charge in [0.2, 0.25) is 0 Å². The smallest absolute Gasteiger partial charge is 0.272 e. The number of piperazine rings is 1. The number of fused-ring (bicyclic) bond motifs is 1. The zero-order valence-electron chi connectivity index (χ0n) is 13.8. The molecule has 0 radical (unpaired) electrons. The Morgan fingerprint density at radius 3 is 2.58 bits per heavy atom. The summed E-state index contributed by atoms with van der Waals surface area (Å²) in [7, 11) is 3.81. The minimum absolute atomic E-state index is 0.0298. The number of aromatic nitrogens is 5. The standard InChI is InChI=1S/C16H19N7O/c1-20-4-3-12-14(20)18-10-19-15(12)22-5-7-23(8-6-22)16(24)13-9-17-11-21(13)2/h3-4,9-11H,5-8H2,1-2H3. The van der Waals surface area contributed by atoms with E-state index >= 15 is 0 Å². The lowest BCUT2D eigenvalue weighted by Crippen LogP contribution is -2.49. The van der Waals surface area contributed by atoms with E-state index in [1.54, 1.807) is 23.4 Å². The van der Waals surface area contributed by atoms with E-state index in [4.69, 9.17) is 0 Å². The quantitative estimate of drug-likeness (QED) is 0.692. The highest BCUT2D eigenvalue weighted by atomic mass is 16.2. The number of amides is 1. The van der Waals surface area contributed by atoms with Crippen LogP contribution in [0.1, 0.15) is 10.5 Å². The van der Waals surface area contributed by atoms with E-state index in [0.717, 1.165) is 29.9 Å². The Bertz CT molecular complexity index is 889. The summed E-state index contributed by atoms with van der Waals surface area (Å²) >= 11 is 0. The van der Waals surface area contributed by atoms with Crippen LogP contribution in [0, 0.1) is 0 Å². The first-order chi connectivity index (χ1) is 11.6. The SMILES string of the molecule is Cn1cncc1C(=O)N1CCN(c2ncnc3c2ccn3C)CC1. The van der Waals surface area contributed by atoms with Crippen molar-refractivity contribution in [1.82, 2.24) is 29.0 Å². The second kappa shape index (κ2) is 5.63. The topological polar surface area (TPSA) is 72.1 Å². The first-order valence-electron chi connectivity index (χ1n) is 7.91. The Morgan fingerprint density at radius 1 is 1.08 bits per heavy atom. The monoisotopic (exact) mass is 325 g/mol. The Labute approximate surface area is 139 Å². The number of aryl methyl sites for hydroxylation is 2. The molecule has 1 aliphatic heterocycles. The van der Waals surface area contributed by atoms with Gasteiger partial charge in [0, 0.05) is 46.5 Å². The molecule has 3 aromatic heterocycles. The maximum Gasteiger partial charge on any atom is 0.272 e. The predicted molar refractivity (Wildman–Crippen MR) is 89.8 cm³/mol. The molecular formula is C16H19N7O. The van der Waals surface area contributed by atoms with Crippen LogP contribution in [0.25, 0.3) is 11.0 Å². The minimum atomic E-state index is 0.0298. The van der Waals surface area contributed by atoms with E-state index in [2.05, 4.69) is 19.9 Å². The van der Waals surface area contributed by atoms with E-state index in [0.29, 0.717) is 18.8 Å². The van der Waals surface area contributed by atoms with Crippen LogP contribution in [0.15, 0.2) is 31.1 Å².